The normalized spacial score (nSPS) is 28.2. The summed E-state index contributed by atoms with van der Waals surface area (Å²) in [4.78, 5) is 0.168. The van der Waals surface area contributed by atoms with Crippen molar-refractivity contribution in [2.45, 2.75) is 42.3 Å². The quantitative estimate of drug-likeness (QED) is 0.727. The maximum Gasteiger partial charge on any atom is 0.416 e. The van der Waals surface area contributed by atoms with Gasteiger partial charge in [-0.3, -0.25) is 0 Å². The van der Waals surface area contributed by atoms with Crippen LogP contribution in [0.3, 0.4) is 0 Å². The Balaban J connectivity index is 2.06. The topological polar surface area (TPSA) is 46.2 Å². The molecule has 0 bridgehead atoms. The summed E-state index contributed by atoms with van der Waals surface area (Å²) in [7, 11) is -3.76. The molecule has 2 aliphatic rings. The van der Waals surface area contributed by atoms with Crippen molar-refractivity contribution in [3.63, 3.8) is 0 Å². The molecule has 1 aliphatic heterocycles. The fourth-order valence-electron chi connectivity index (χ4n) is 4.38. The SMILES string of the molecule is C=C(C)[C@]1(C)C[C@]2(NS(=O)(=O)c3ccccc32)c2ccc(C(F)(F)F)cc21. The van der Waals surface area contributed by atoms with Crippen LogP contribution in [-0.2, 0) is 27.2 Å². The van der Waals surface area contributed by atoms with E-state index in [0.29, 0.717) is 22.3 Å². The molecule has 2 atom stereocenters. The summed E-state index contributed by atoms with van der Waals surface area (Å²) in [5.41, 5.74) is -0.378. The lowest BCUT2D eigenvalue weighted by Gasteiger charge is -2.30. The molecule has 1 N–H and O–H groups in total. The zero-order valence-electron chi connectivity index (χ0n) is 14.8. The number of fused-ring (bicyclic) bond motifs is 4. The summed E-state index contributed by atoms with van der Waals surface area (Å²) >= 11 is 0. The number of allylic oxidation sites excluding steroid dienone is 1. The van der Waals surface area contributed by atoms with Crippen LogP contribution in [0.5, 0.6) is 0 Å². The highest BCUT2D eigenvalue weighted by atomic mass is 32.2. The van der Waals surface area contributed by atoms with Crippen molar-refractivity contribution in [1.82, 2.24) is 4.72 Å². The monoisotopic (exact) mass is 393 g/mol. The third-order valence-corrected chi connectivity index (χ3v) is 7.46. The summed E-state index contributed by atoms with van der Waals surface area (Å²) in [5.74, 6) is 0. The fraction of sp³-hybridized carbons (Fsp3) is 0.300. The first kappa shape index (κ1) is 18.3. The average Bonchev–Trinajstić information content (AvgIpc) is 2.97. The Morgan fingerprint density at radius 1 is 1.11 bits per heavy atom. The molecule has 0 saturated carbocycles. The lowest BCUT2D eigenvalue weighted by atomic mass is 9.75. The first-order valence-electron chi connectivity index (χ1n) is 8.43. The molecule has 0 unspecified atom stereocenters. The summed E-state index contributed by atoms with van der Waals surface area (Å²) in [5, 5.41) is 0. The van der Waals surface area contributed by atoms with Gasteiger partial charge in [0.15, 0.2) is 0 Å². The largest absolute Gasteiger partial charge is 0.416 e. The zero-order chi connectivity index (χ0) is 19.8. The number of hydrogen-bond donors (Lipinski definition) is 1. The Morgan fingerprint density at radius 2 is 1.78 bits per heavy atom. The third kappa shape index (κ3) is 2.34. The second-order valence-electron chi connectivity index (χ2n) is 7.55. The van der Waals surface area contributed by atoms with Gasteiger partial charge in [0.25, 0.3) is 0 Å². The van der Waals surface area contributed by atoms with E-state index in [2.05, 4.69) is 11.3 Å². The molecule has 0 fully saturated rings. The van der Waals surface area contributed by atoms with Crippen LogP contribution in [0.25, 0.3) is 0 Å². The second-order valence-corrected chi connectivity index (χ2v) is 9.21. The molecule has 0 radical (unpaired) electrons. The molecule has 1 heterocycles. The van der Waals surface area contributed by atoms with E-state index in [4.69, 9.17) is 0 Å². The number of benzene rings is 2. The second kappa shape index (κ2) is 5.23. The molecule has 1 aliphatic carbocycles. The predicted octanol–water partition coefficient (Wildman–Crippen LogP) is 4.48. The van der Waals surface area contributed by atoms with E-state index in [1.165, 1.54) is 12.1 Å². The van der Waals surface area contributed by atoms with Gasteiger partial charge in [0.2, 0.25) is 10.0 Å². The highest BCUT2D eigenvalue weighted by Gasteiger charge is 2.58. The Bertz CT molecular complexity index is 1090. The first-order chi connectivity index (χ1) is 12.4. The van der Waals surface area contributed by atoms with Crippen LogP contribution in [0.15, 0.2) is 59.5 Å². The van der Waals surface area contributed by atoms with Gasteiger partial charge < -0.3 is 0 Å². The van der Waals surface area contributed by atoms with E-state index in [0.717, 1.165) is 12.1 Å². The molecule has 7 heteroatoms. The van der Waals surface area contributed by atoms with Crippen molar-refractivity contribution in [1.29, 1.82) is 0 Å². The number of halogens is 3. The highest BCUT2D eigenvalue weighted by molar-refractivity contribution is 7.89. The Labute approximate surface area is 156 Å². The van der Waals surface area contributed by atoms with Crippen molar-refractivity contribution >= 4 is 10.0 Å². The van der Waals surface area contributed by atoms with Gasteiger partial charge in [-0.1, -0.05) is 43.3 Å². The van der Waals surface area contributed by atoms with Crippen molar-refractivity contribution in [2.24, 2.45) is 0 Å². The van der Waals surface area contributed by atoms with Crippen molar-refractivity contribution in [3.05, 3.63) is 76.9 Å². The summed E-state index contributed by atoms with van der Waals surface area (Å²) in [6.07, 6.45) is -4.20. The number of nitrogens with one attached hydrogen (secondary N) is 1. The summed E-state index contributed by atoms with van der Waals surface area (Å²) < 4.78 is 68.1. The fourth-order valence-corrected chi connectivity index (χ4v) is 6.03. The van der Waals surface area contributed by atoms with E-state index in [9.17, 15) is 21.6 Å². The van der Waals surface area contributed by atoms with E-state index in [-0.39, 0.29) is 11.3 Å². The predicted molar refractivity (Wildman–Crippen MR) is 95.8 cm³/mol. The molecule has 1 spiro atoms. The molecule has 142 valence electrons. The molecule has 0 saturated heterocycles. The minimum absolute atomic E-state index is 0.168. The van der Waals surface area contributed by atoms with Crippen LogP contribution in [0.2, 0.25) is 0 Å². The van der Waals surface area contributed by atoms with Gasteiger partial charge in [0, 0.05) is 5.41 Å². The van der Waals surface area contributed by atoms with Crippen molar-refractivity contribution < 1.29 is 21.6 Å². The first-order valence-corrected chi connectivity index (χ1v) is 9.92. The maximum atomic E-state index is 13.3. The molecule has 0 amide bonds. The van der Waals surface area contributed by atoms with Gasteiger partial charge in [-0.15, -0.1) is 0 Å². The standard InChI is InChI=1S/C20H18F3NO2S/c1-12(2)18(3)11-19(14-9-8-13(10-16(14)18)20(21,22)23)15-6-4-5-7-17(15)27(25,26)24-19/h4-10,24H,1,11H2,2-3H3/t18-,19-/m0/s1. The van der Waals surface area contributed by atoms with Crippen LogP contribution in [0.4, 0.5) is 13.2 Å². The van der Waals surface area contributed by atoms with Crippen molar-refractivity contribution in [3.8, 4) is 0 Å². The van der Waals surface area contributed by atoms with Crippen LogP contribution in [0.1, 0.15) is 42.5 Å². The van der Waals surface area contributed by atoms with Gasteiger partial charge in [0.1, 0.15) is 0 Å². The van der Waals surface area contributed by atoms with Gasteiger partial charge in [-0.05, 0) is 48.2 Å². The number of rotatable bonds is 1. The molecule has 4 rings (SSSR count). The highest BCUT2D eigenvalue weighted by Crippen LogP contribution is 2.58. The molecule has 0 aromatic heterocycles. The van der Waals surface area contributed by atoms with Gasteiger partial charge in [-0.2, -0.15) is 17.9 Å². The molecule has 3 nitrogen and oxygen atoms in total. The molecule has 27 heavy (non-hydrogen) atoms. The van der Waals surface area contributed by atoms with Crippen molar-refractivity contribution in [2.75, 3.05) is 0 Å². The number of sulfonamides is 1. The summed E-state index contributed by atoms with van der Waals surface area (Å²) in [6.45, 7) is 7.57. The van der Waals surface area contributed by atoms with E-state index in [1.807, 2.05) is 6.92 Å². The lowest BCUT2D eigenvalue weighted by molar-refractivity contribution is -0.137. The van der Waals surface area contributed by atoms with E-state index in [1.54, 1.807) is 25.1 Å². The third-order valence-electron chi connectivity index (χ3n) is 5.91. The molecular weight excluding hydrogens is 375 g/mol. The number of alkyl halides is 3. The van der Waals surface area contributed by atoms with E-state index < -0.39 is 32.7 Å². The smallest absolute Gasteiger partial charge is 0.207 e. The van der Waals surface area contributed by atoms with Crippen LogP contribution in [-0.4, -0.2) is 8.42 Å². The lowest BCUT2D eigenvalue weighted by Crippen LogP contribution is -2.40. The van der Waals surface area contributed by atoms with Gasteiger partial charge in [-0.25, -0.2) is 8.42 Å². The Morgan fingerprint density at radius 3 is 2.41 bits per heavy atom. The van der Waals surface area contributed by atoms with Crippen LogP contribution < -0.4 is 4.72 Å². The van der Waals surface area contributed by atoms with Crippen LogP contribution >= 0.6 is 0 Å². The average molecular weight is 393 g/mol. The maximum absolute atomic E-state index is 13.3. The molecule has 2 aromatic rings. The summed E-state index contributed by atoms with van der Waals surface area (Å²) in [6, 6.07) is 10.2. The van der Waals surface area contributed by atoms with E-state index >= 15 is 0 Å². The number of hydrogen-bond acceptors (Lipinski definition) is 2. The minimum atomic E-state index is -4.48. The van der Waals surface area contributed by atoms with Gasteiger partial charge in [0.05, 0.1) is 16.0 Å². The Hall–Kier alpha value is -2.12. The minimum Gasteiger partial charge on any atom is -0.207 e. The zero-order valence-corrected chi connectivity index (χ0v) is 15.6. The van der Waals surface area contributed by atoms with Gasteiger partial charge >= 0.3 is 6.18 Å². The molecule has 2 aromatic carbocycles. The Kier molecular flexibility index (Phi) is 3.54. The van der Waals surface area contributed by atoms with Crippen LogP contribution in [0, 0.1) is 0 Å². The molecular formula is C20H18F3NO2S.